The van der Waals surface area contributed by atoms with E-state index in [1.54, 1.807) is 0 Å². The van der Waals surface area contributed by atoms with Crippen LogP contribution in [0.15, 0.2) is 0 Å². The van der Waals surface area contributed by atoms with Gasteiger partial charge in [-0.25, -0.2) is 4.79 Å². The summed E-state index contributed by atoms with van der Waals surface area (Å²) in [4.78, 5) is 69.7. The molecular formula is C18H31N5O9. The Kier molecular flexibility index (Phi) is 13.2. The molecule has 0 aliphatic rings. The monoisotopic (exact) mass is 461 g/mol. The van der Waals surface area contributed by atoms with E-state index in [-0.39, 0.29) is 19.3 Å². The third kappa shape index (κ3) is 11.8. The van der Waals surface area contributed by atoms with Crippen molar-refractivity contribution < 1.29 is 44.1 Å². The average Bonchev–Trinajstić information content (AvgIpc) is 2.69. The van der Waals surface area contributed by atoms with Gasteiger partial charge in [-0.05, 0) is 39.2 Å². The fraction of sp³-hybridized carbons (Fsp3) is 0.667. The first-order valence-corrected chi connectivity index (χ1v) is 9.92. The van der Waals surface area contributed by atoms with Gasteiger partial charge in [-0.2, -0.15) is 0 Å². The molecular weight excluding hydrogens is 430 g/mol. The lowest BCUT2D eigenvalue weighted by Crippen LogP contribution is -2.56. The van der Waals surface area contributed by atoms with Crippen molar-refractivity contribution in [2.45, 2.75) is 69.6 Å². The van der Waals surface area contributed by atoms with Crippen LogP contribution in [0.1, 0.15) is 45.4 Å². The summed E-state index contributed by atoms with van der Waals surface area (Å²) in [5, 5.41) is 33.5. The molecule has 10 N–H and O–H groups in total. The number of unbranched alkanes of at least 4 members (excludes halogenated alkanes) is 1. The maximum atomic E-state index is 12.4. The Labute approximate surface area is 184 Å². The number of hydrogen-bond acceptors (Lipinski definition) is 8. The molecule has 182 valence electrons. The number of aliphatic carboxylic acids is 3. The zero-order chi connectivity index (χ0) is 24.8. The van der Waals surface area contributed by atoms with Gasteiger partial charge in [-0.1, -0.05) is 0 Å². The zero-order valence-corrected chi connectivity index (χ0v) is 17.7. The fourth-order valence-corrected chi connectivity index (χ4v) is 2.50. The second-order valence-corrected chi connectivity index (χ2v) is 7.11. The average molecular weight is 461 g/mol. The minimum atomic E-state index is -1.60. The maximum absolute atomic E-state index is 12.4. The largest absolute Gasteiger partial charge is 0.481 e. The van der Waals surface area contributed by atoms with Crippen LogP contribution in [0.3, 0.4) is 0 Å². The molecule has 0 aliphatic carbocycles. The lowest BCUT2D eigenvalue weighted by Gasteiger charge is -2.23. The molecule has 0 saturated heterocycles. The van der Waals surface area contributed by atoms with Crippen LogP contribution in [0, 0.1) is 0 Å². The molecule has 0 aromatic heterocycles. The number of hydrogen-bond donors (Lipinski definition) is 8. The highest BCUT2D eigenvalue weighted by molar-refractivity contribution is 5.95. The van der Waals surface area contributed by atoms with Gasteiger partial charge in [-0.3, -0.25) is 24.0 Å². The fourth-order valence-electron chi connectivity index (χ4n) is 2.50. The van der Waals surface area contributed by atoms with Gasteiger partial charge in [-0.15, -0.1) is 0 Å². The number of rotatable bonds is 16. The predicted molar refractivity (Wildman–Crippen MR) is 109 cm³/mol. The third-order valence-corrected chi connectivity index (χ3v) is 4.33. The van der Waals surface area contributed by atoms with E-state index in [1.807, 2.05) is 0 Å². The van der Waals surface area contributed by atoms with Gasteiger partial charge >= 0.3 is 17.9 Å². The van der Waals surface area contributed by atoms with Crippen molar-refractivity contribution in [3.63, 3.8) is 0 Å². The van der Waals surface area contributed by atoms with E-state index in [9.17, 15) is 33.9 Å². The van der Waals surface area contributed by atoms with E-state index >= 15 is 0 Å². The summed E-state index contributed by atoms with van der Waals surface area (Å²) < 4.78 is 0. The predicted octanol–water partition coefficient (Wildman–Crippen LogP) is -2.66. The van der Waals surface area contributed by atoms with Crippen molar-refractivity contribution in [1.29, 1.82) is 0 Å². The van der Waals surface area contributed by atoms with Crippen LogP contribution in [-0.4, -0.2) is 81.7 Å². The minimum absolute atomic E-state index is 0.0622. The van der Waals surface area contributed by atoms with Gasteiger partial charge in [0.05, 0.1) is 12.5 Å². The summed E-state index contributed by atoms with van der Waals surface area (Å²) in [6.07, 6.45) is -0.347. The van der Waals surface area contributed by atoms with Crippen molar-refractivity contribution in [3.8, 4) is 0 Å². The van der Waals surface area contributed by atoms with Crippen LogP contribution in [0.25, 0.3) is 0 Å². The Balaban J connectivity index is 5.05. The van der Waals surface area contributed by atoms with E-state index in [0.29, 0.717) is 19.4 Å². The number of carboxylic acid groups (broad SMARTS) is 3. The quantitative estimate of drug-likeness (QED) is 0.110. The molecule has 32 heavy (non-hydrogen) atoms. The molecule has 0 bridgehead atoms. The molecule has 0 saturated carbocycles. The summed E-state index contributed by atoms with van der Waals surface area (Å²) in [5.41, 5.74) is 10.9. The summed E-state index contributed by atoms with van der Waals surface area (Å²) >= 11 is 0. The Morgan fingerprint density at radius 1 is 0.781 bits per heavy atom. The molecule has 14 nitrogen and oxygen atoms in total. The first kappa shape index (κ1) is 28.7. The second-order valence-electron chi connectivity index (χ2n) is 7.11. The second kappa shape index (κ2) is 14.7. The smallest absolute Gasteiger partial charge is 0.326 e. The van der Waals surface area contributed by atoms with E-state index in [2.05, 4.69) is 16.0 Å². The van der Waals surface area contributed by atoms with Gasteiger partial charge in [0.1, 0.15) is 18.1 Å². The molecule has 0 fully saturated rings. The Bertz CT molecular complexity index is 700. The highest BCUT2D eigenvalue weighted by Gasteiger charge is 2.30. The topological polar surface area (TPSA) is 251 Å². The highest BCUT2D eigenvalue weighted by Crippen LogP contribution is 2.03. The summed E-state index contributed by atoms with van der Waals surface area (Å²) in [5.74, 6) is -6.64. The van der Waals surface area contributed by atoms with Gasteiger partial charge in [0.2, 0.25) is 17.7 Å². The number of nitrogens with one attached hydrogen (secondary N) is 3. The van der Waals surface area contributed by atoms with E-state index in [1.165, 1.54) is 6.92 Å². The standard InChI is InChI=1S/C18H31N5O9/c1-9(21-16(29)10(20)5-6-13(24)25)15(28)23-12(8-14(26)27)17(30)22-11(18(31)32)4-2-3-7-19/h9-12H,2-8,19-20H2,1H3,(H,21,29)(H,22,30)(H,23,28)(H,24,25)(H,26,27)(H,31,32). The summed E-state index contributed by atoms with van der Waals surface area (Å²) in [6.45, 7) is 1.58. The normalized spacial score (nSPS) is 14.3. The Morgan fingerprint density at radius 2 is 1.38 bits per heavy atom. The van der Waals surface area contributed by atoms with Crippen LogP contribution in [0.2, 0.25) is 0 Å². The van der Waals surface area contributed by atoms with E-state index < -0.39 is 66.2 Å². The van der Waals surface area contributed by atoms with Crippen LogP contribution >= 0.6 is 0 Å². The molecule has 0 heterocycles. The zero-order valence-electron chi connectivity index (χ0n) is 17.7. The Morgan fingerprint density at radius 3 is 1.88 bits per heavy atom. The molecule has 0 rings (SSSR count). The van der Waals surface area contributed by atoms with Crippen molar-refractivity contribution in [1.82, 2.24) is 16.0 Å². The minimum Gasteiger partial charge on any atom is -0.481 e. The molecule has 0 aromatic rings. The van der Waals surface area contributed by atoms with Crippen LogP contribution in [0.5, 0.6) is 0 Å². The molecule has 0 radical (unpaired) electrons. The first-order chi connectivity index (χ1) is 14.9. The number of amides is 3. The molecule has 0 spiro atoms. The van der Waals surface area contributed by atoms with Gasteiger partial charge in [0.15, 0.2) is 0 Å². The summed E-state index contributed by atoms with van der Waals surface area (Å²) in [6, 6.07) is -5.32. The number of carbonyl (C=O) groups is 6. The molecule has 3 amide bonds. The molecule has 4 unspecified atom stereocenters. The maximum Gasteiger partial charge on any atom is 0.326 e. The summed E-state index contributed by atoms with van der Waals surface area (Å²) in [7, 11) is 0. The number of nitrogens with two attached hydrogens (primary N) is 2. The molecule has 0 aromatic carbocycles. The van der Waals surface area contributed by atoms with Gasteiger partial charge in [0.25, 0.3) is 0 Å². The van der Waals surface area contributed by atoms with Crippen LogP contribution in [-0.2, 0) is 28.8 Å². The number of carbonyl (C=O) groups excluding carboxylic acids is 3. The molecule has 14 heteroatoms. The van der Waals surface area contributed by atoms with Gasteiger partial charge < -0.3 is 42.7 Å². The SMILES string of the molecule is CC(NC(=O)C(N)CCC(=O)O)C(=O)NC(CC(=O)O)C(=O)NC(CCCCN)C(=O)O. The van der Waals surface area contributed by atoms with Gasteiger partial charge in [0, 0.05) is 6.42 Å². The lowest BCUT2D eigenvalue weighted by atomic mass is 10.1. The Hall–Kier alpha value is -3.26. The number of carboxylic acids is 3. The van der Waals surface area contributed by atoms with Crippen molar-refractivity contribution in [3.05, 3.63) is 0 Å². The lowest BCUT2D eigenvalue weighted by molar-refractivity contribution is -0.144. The van der Waals surface area contributed by atoms with E-state index in [4.69, 9.17) is 21.7 Å². The van der Waals surface area contributed by atoms with Crippen LogP contribution in [0.4, 0.5) is 0 Å². The van der Waals surface area contributed by atoms with Crippen molar-refractivity contribution >= 4 is 35.6 Å². The molecule has 4 atom stereocenters. The third-order valence-electron chi connectivity index (χ3n) is 4.33. The highest BCUT2D eigenvalue weighted by atomic mass is 16.4. The van der Waals surface area contributed by atoms with Crippen molar-refractivity contribution in [2.24, 2.45) is 11.5 Å². The van der Waals surface area contributed by atoms with E-state index in [0.717, 1.165) is 0 Å². The van der Waals surface area contributed by atoms with Crippen LogP contribution < -0.4 is 27.4 Å². The first-order valence-electron chi connectivity index (χ1n) is 9.92. The van der Waals surface area contributed by atoms with Crippen molar-refractivity contribution in [2.75, 3.05) is 6.54 Å². The molecule has 0 aliphatic heterocycles.